The predicted octanol–water partition coefficient (Wildman–Crippen LogP) is 2.12. The molecule has 3 aromatic heterocycles. The summed E-state index contributed by atoms with van der Waals surface area (Å²) in [6.07, 6.45) is 3.16. The van der Waals surface area contributed by atoms with Crippen LogP contribution in [0.1, 0.15) is 5.56 Å². The van der Waals surface area contributed by atoms with Gasteiger partial charge < -0.3 is 4.98 Å². The summed E-state index contributed by atoms with van der Waals surface area (Å²) in [5.41, 5.74) is 3.23. The molecule has 25 heavy (non-hydrogen) atoms. The van der Waals surface area contributed by atoms with E-state index in [9.17, 15) is 4.79 Å². The Bertz CT molecular complexity index is 1050. The second kappa shape index (κ2) is 6.33. The zero-order valence-corrected chi connectivity index (χ0v) is 13.6. The fourth-order valence-electron chi connectivity index (χ4n) is 2.57. The molecule has 4 aromatic rings. The molecule has 9 heteroatoms. The lowest BCUT2D eigenvalue weighted by atomic mass is 10.0. The number of hydrogen-bond donors (Lipinski definition) is 2. The topological polar surface area (TPSA) is 105 Å². The minimum absolute atomic E-state index is 0.235. The highest BCUT2D eigenvalue weighted by Gasteiger charge is 2.12. The number of H-pyrrole nitrogens is 2. The number of aromatic amines is 2. The van der Waals surface area contributed by atoms with Crippen molar-refractivity contribution in [3.05, 3.63) is 70.0 Å². The molecular weight excluding hydrogens is 342 g/mol. The molecule has 8 nitrogen and oxygen atoms in total. The molecule has 0 aliphatic heterocycles. The van der Waals surface area contributed by atoms with Gasteiger partial charge in [-0.05, 0) is 22.4 Å². The second-order valence-electron chi connectivity index (χ2n) is 5.33. The number of imidazole rings is 1. The quantitative estimate of drug-likeness (QED) is 0.584. The fraction of sp³-hybridized carbons (Fsp3) is 0.0625. The van der Waals surface area contributed by atoms with E-state index in [-0.39, 0.29) is 5.69 Å². The van der Waals surface area contributed by atoms with E-state index in [1.54, 1.807) is 6.20 Å². The highest BCUT2D eigenvalue weighted by atomic mass is 35.5. The van der Waals surface area contributed by atoms with Gasteiger partial charge in [0.15, 0.2) is 0 Å². The van der Waals surface area contributed by atoms with E-state index in [1.165, 1.54) is 10.8 Å². The first-order valence-corrected chi connectivity index (χ1v) is 7.82. The van der Waals surface area contributed by atoms with Crippen LogP contribution in [-0.4, -0.2) is 35.2 Å². The number of pyridine rings is 1. The lowest BCUT2D eigenvalue weighted by Gasteiger charge is -2.08. The minimum Gasteiger partial charge on any atom is -0.311 e. The van der Waals surface area contributed by atoms with E-state index < -0.39 is 0 Å². The monoisotopic (exact) mass is 353 g/mol. The maximum atomic E-state index is 11.7. The van der Waals surface area contributed by atoms with Gasteiger partial charge in [-0.3, -0.25) is 9.55 Å². The van der Waals surface area contributed by atoms with Gasteiger partial charge in [0.05, 0.1) is 6.54 Å². The molecule has 0 fully saturated rings. The van der Waals surface area contributed by atoms with Crippen molar-refractivity contribution >= 4 is 11.6 Å². The van der Waals surface area contributed by atoms with Crippen molar-refractivity contribution in [3.8, 4) is 22.6 Å². The number of halogens is 1. The molecule has 124 valence electrons. The van der Waals surface area contributed by atoms with Crippen LogP contribution < -0.4 is 5.69 Å². The molecule has 3 heterocycles. The summed E-state index contributed by atoms with van der Waals surface area (Å²) in [5.74, 6) is 0.435. The Morgan fingerprint density at radius 1 is 1.16 bits per heavy atom. The molecule has 0 aliphatic rings. The number of benzene rings is 1. The molecule has 0 saturated heterocycles. The van der Waals surface area contributed by atoms with E-state index in [1.807, 2.05) is 36.4 Å². The van der Waals surface area contributed by atoms with Gasteiger partial charge in [0.25, 0.3) is 0 Å². The van der Waals surface area contributed by atoms with Crippen molar-refractivity contribution in [1.82, 2.24) is 35.2 Å². The van der Waals surface area contributed by atoms with Crippen LogP contribution in [0.15, 0.2) is 53.6 Å². The van der Waals surface area contributed by atoms with E-state index in [4.69, 9.17) is 11.6 Å². The number of nitrogens with zero attached hydrogens (tertiary/aromatic N) is 5. The average molecular weight is 354 g/mol. The van der Waals surface area contributed by atoms with Gasteiger partial charge in [0.2, 0.25) is 5.82 Å². The molecule has 2 N–H and O–H groups in total. The predicted molar refractivity (Wildman–Crippen MR) is 92.0 cm³/mol. The Morgan fingerprint density at radius 2 is 2.00 bits per heavy atom. The van der Waals surface area contributed by atoms with Crippen molar-refractivity contribution in [2.24, 2.45) is 0 Å². The van der Waals surface area contributed by atoms with Gasteiger partial charge in [-0.25, -0.2) is 4.79 Å². The van der Waals surface area contributed by atoms with Crippen molar-refractivity contribution in [2.45, 2.75) is 6.54 Å². The highest BCUT2D eigenvalue weighted by Crippen LogP contribution is 2.28. The van der Waals surface area contributed by atoms with Crippen LogP contribution in [0.4, 0.5) is 0 Å². The van der Waals surface area contributed by atoms with Gasteiger partial charge in [-0.2, -0.15) is 5.21 Å². The third-order valence-electron chi connectivity index (χ3n) is 3.79. The first-order chi connectivity index (χ1) is 12.2. The van der Waals surface area contributed by atoms with Crippen LogP contribution in [0, 0.1) is 0 Å². The Hall–Kier alpha value is -3.26. The summed E-state index contributed by atoms with van der Waals surface area (Å²) in [6.45, 7) is 0.395. The van der Waals surface area contributed by atoms with Gasteiger partial charge in [0.1, 0.15) is 10.8 Å². The first-order valence-electron chi connectivity index (χ1n) is 7.44. The molecule has 0 spiro atoms. The largest absolute Gasteiger partial charge is 0.326 e. The van der Waals surface area contributed by atoms with E-state index in [0.29, 0.717) is 23.2 Å². The number of aromatic nitrogens is 7. The van der Waals surface area contributed by atoms with Crippen LogP contribution in [0.5, 0.6) is 0 Å². The second-order valence-corrected chi connectivity index (χ2v) is 5.72. The summed E-state index contributed by atoms with van der Waals surface area (Å²) >= 11 is 6.00. The van der Waals surface area contributed by atoms with E-state index >= 15 is 0 Å². The first kappa shape index (κ1) is 15.3. The molecule has 0 aliphatic carbocycles. The molecule has 0 unspecified atom stereocenters. The normalized spacial score (nSPS) is 10.9. The maximum absolute atomic E-state index is 11.7. The van der Waals surface area contributed by atoms with Crippen molar-refractivity contribution in [3.63, 3.8) is 0 Å². The number of tetrazole rings is 1. The summed E-state index contributed by atoms with van der Waals surface area (Å²) in [4.78, 5) is 18.6. The van der Waals surface area contributed by atoms with Gasteiger partial charge in [0, 0.05) is 18.0 Å². The molecule has 1 aromatic carbocycles. The molecule has 0 bridgehead atoms. The van der Waals surface area contributed by atoms with E-state index in [0.717, 1.165) is 16.7 Å². The Kier molecular flexibility index (Phi) is 3.87. The van der Waals surface area contributed by atoms with Crippen molar-refractivity contribution in [2.75, 3.05) is 0 Å². The van der Waals surface area contributed by atoms with Crippen LogP contribution in [0.2, 0.25) is 5.15 Å². The SMILES string of the molecule is O=c1[nH]cc(Cl)n1Cc1ccc(-c2cccnc2-c2nn[nH]n2)cc1. The lowest BCUT2D eigenvalue weighted by molar-refractivity contribution is 0.763. The highest BCUT2D eigenvalue weighted by molar-refractivity contribution is 6.29. The molecule has 0 amide bonds. The Morgan fingerprint density at radius 3 is 2.68 bits per heavy atom. The Labute approximate surface area is 146 Å². The lowest BCUT2D eigenvalue weighted by Crippen LogP contribution is -2.17. The van der Waals surface area contributed by atoms with Crippen molar-refractivity contribution < 1.29 is 0 Å². The fourth-order valence-corrected chi connectivity index (χ4v) is 2.76. The molecule has 4 rings (SSSR count). The summed E-state index contributed by atoms with van der Waals surface area (Å²) in [7, 11) is 0. The standard InChI is InChI=1S/C16H12ClN7O/c17-13-8-19-16(25)24(13)9-10-3-5-11(6-4-10)12-2-1-7-18-14(12)15-20-22-23-21-15/h1-8H,9H2,(H,19,25)(H,20,21,22,23). The average Bonchev–Trinajstić information content (AvgIpc) is 3.28. The molecule has 0 radical (unpaired) electrons. The number of hydrogen-bond acceptors (Lipinski definition) is 5. The summed E-state index contributed by atoms with van der Waals surface area (Å²) in [6, 6.07) is 11.6. The van der Waals surface area contributed by atoms with Gasteiger partial charge >= 0.3 is 5.69 Å². The third kappa shape index (κ3) is 2.94. The van der Waals surface area contributed by atoms with Crippen LogP contribution in [-0.2, 0) is 6.54 Å². The summed E-state index contributed by atoms with van der Waals surface area (Å²) in [5, 5.41) is 14.4. The third-order valence-corrected chi connectivity index (χ3v) is 4.10. The smallest absolute Gasteiger partial charge is 0.311 e. The molecular formula is C16H12ClN7O. The van der Waals surface area contributed by atoms with Gasteiger partial charge in [-0.1, -0.05) is 41.9 Å². The minimum atomic E-state index is -0.235. The van der Waals surface area contributed by atoms with Crippen LogP contribution in [0.3, 0.4) is 0 Å². The maximum Gasteiger partial charge on any atom is 0.326 e. The molecule has 0 saturated carbocycles. The van der Waals surface area contributed by atoms with Gasteiger partial charge in [-0.15, -0.1) is 10.2 Å². The number of rotatable bonds is 4. The zero-order chi connectivity index (χ0) is 17.2. The van der Waals surface area contributed by atoms with E-state index in [2.05, 4.69) is 30.6 Å². The zero-order valence-electron chi connectivity index (χ0n) is 12.8. The molecule has 0 atom stereocenters. The van der Waals surface area contributed by atoms with Crippen molar-refractivity contribution in [1.29, 1.82) is 0 Å². The Balaban J connectivity index is 1.67. The van der Waals surface area contributed by atoms with Crippen LogP contribution in [0.25, 0.3) is 22.6 Å². The van der Waals surface area contributed by atoms with Crippen LogP contribution >= 0.6 is 11.6 Å². The summed E-state index contributed by atoms with van der Waals surface area (Å²) < 4.78 is 1.46. The number of nitrogens with one attached hydrogen (secondary N) is 2.